The molecule has 0 bridgehead atoms. The fraction of sp³-hybridized carbons (Fsp3) is 0.432. The lowest BCUT2D eigenvalue weighted by atomic mass is 9.95. The van der Waals surface area contributed by atoms with Crippen molar-refractivity contribution < 1.29 is 19.1 Å². The minimum absolute atomic E-state index is 0.220. The first-order chi connectivity index (χ1) is 21.2. The normalized spacial score (nSPS) is 13.5. The van der Waals surface area contributed by atoms with E-state index >= 15 is 0 Å². The van der Waals surface area contributed by atoms with Gasteiger partial charge in [0.2, 0.25) is 5.91 Å². The van der Waals surface area contributed by atoms with Gasteiger partial charge in [-0.05, 0) is 83.1 Å². The maximum absolute atomic E-state index is 14.9. The van der Waals surface area contributed by atoms with Crippen molar-refractivity contribution in [2.45, 2.75) is 98.4 Å². The van der Waals surface area contributed by atoms with Gasteiger partial charge in [0.15, 0.2) is 0 Å². The van der Waals surface area contributed by atoms with Gasteiger partial charge in [-0.2, -0.15) is 0 Å². The summed E-state index contributed by atoms with van der Waals surface area (Å²) in [5.74, 6) is -0.380. The molecule has 0 aliphatic heterocycles. The van der Waals surface area contributed by atoms with Gasteiger partial charge in [0, 0.05) is 12.5 Å². The lowest BCUT2D eigenvalue weighted by Crippen LogP contribution is -2.55. The fourth-order valence-electron chi connectivity index (χ4n) is 5.16. The zero-order chi connectivity index (χ0) is 33.3. The molecule has 0 radical (unpaired) electrons. The minimum atomic E-state index is -1.00. The second kappa shape index (κ2) is 15.9. The van der Waals surface area contributed by atoms with Crippen LogP contribution in [0.25, 0.3) is 0 Å². The van der Waals surface area contributed by atoms with Crippen LogP contribution in [0.1, 0.15) is 82.7 Å². The number of nitrogens with one attached hydrogen (secondary N) is 2. The maximum Gasteiger partial charge on any atom is 0.408 e. The van der Waals surface area contributed by atoms with Crippen LogP contribution in [-0.2, 0) is 20.7 Å². The molecule has 2 N–H and O–H groups in total. The number of ether oxygens (including phenoxy) is 1. The molecule has 0 heterocycles. The number of carbonyl (C=O) groups excluding carboxylic acids is 3. The molecule has 3 atom stereocenters. The lowest BCUT2D eigenvalue weighted by molar-refractivity contribution is -0.143. The Morgan fingerprint density at radius 2 is 1.51 bits per heavy atom. The van der Waals surface area contributed by atoms with Crippen LogP contribution in [0.4, 0.5) is 10.5 Å². The summed E-state index contributed by atoms with van der Waals surface area (Å²) in [5.41, 5.74) is 3.09. The maximum atomic E-state index is 14.9. The molecule has 242 valence electrons. The van der Waals surface area contributed by atoms with Crippen LogP contribution in [-0.4, -0.2) is 40.5 Å². The number of rotatable bonds is 12. The van der Waals surface area contributed by atoms with E-state index in [2.05, 4.69) is 24.5 Å². The van der Waals surface area contributed by atoms with Gasteiger partial charge < -0.3 is 20.3 Å². The third-order valence-electron chi connectivity index (χ3n) is 7.55. The number of anilines is 1. The Labute approximate surface area is 273 Å². The van der Waals surface area contributed by atoms with E-state index in [-0.39, 0.29) is 18.4 Å². The molecule has 0 fully saturated rings. The highest BCUT2D eigenvalue weighted by Gasteiger charge is 2.39. The van der Waals surface area contributed by atoms with Crippen molar-refractivity contribution >= 4 is 35.2 Å². The molecule has 0 aliphatic rings. The van der Waals surface area contributed by atoms with E-state index in [1.54, 1.807) is 31.7 Å². The number of carbonyl (C=O) groups is 3. The quantitative estimate of drug-likeness (QED) is 0.210. The summed E-state index contributed by atoms with van der Waals surface area (Å²) in [4.78, 5) is 44.0. The smallest absolute Gasteiger partial charge is 0.408 e. The van der Waals surface area contributed by atoms with Crippen molar-refractivity contribution in [3.05, 3.63) is 100 Å². The summed E-state index contributed by atoms with van der Waals surface area (Å²) in [6, 6.07) is 20.2. The number of aryl methyl sites for hydroxylation is 2. The van der Waals surface area contributed by atoms with Crippen molar-refractivity contribution in [1.29, 1.82) is 0 Å². The van der Waals surface area contributed by atoms with Crippen molar-refractivity contribution in [2.24, 2.45) is 5.92 Å². The Bertz CT molecular complexity index is 1410. The fourth-order valence-corrected chi connectivity index (χ4v) is 5.43. The first kappa shape index (κ1) is 35.6. The zero-order valence-corrected chi connectivity index (χ0v) is 28.6. The highest BCUT2D eigenvalue weighted by molar-refractivity contribution is 6.34. The van der Waals surface area contributed by atoms with Crippen LogP contribution in [0, 0.1) is 19.8 Å². The molecule has 3 unspecified atom stereocenters. The third-order valence-corrected chi connectivity index (χ3v) is 7.87. The molecular formula is C37H48ClN3O4. The summed E-state index contributed by atoms with van der Waals surface area (Å²) >= 11 is 6.53. The van der Waals surface area contributed by atoms with E-state index in [9.17, 15) is 14.4 Å². The Morgan fingerprint density at radius 3 is 2.09 bits per heavy atom. The largest absolute Gasteiger partial charge is 0.444 e. The highest BCUT2D eigenvalue weighted by atomic mass is 35.5. The van der Waals surface area contributed by atoms with Crippen molar-refractivity contribution in [3.8, 4) is 0 Å². The van der Waals surface area contributed by atoms with Gasteiger partial charge in [0.05, 0.1) is 10.7 Å². The second-order valence-electron chi connectivity index (χ2n) is 13.2. The predicted octanol–water partition coefficient (Wildman–Crippen LogP) is 8.43. The Hall–Kier alpha value is -3.84. The van der Waals surface area contributed by atoms with Gasteiger partial charge >= 0.3 is 6.09 Å². The standard InChI is InChI=1S/C37H48ClN3O4/c1-24(2)17-20-27(5)41(35(43)31(23-28-14-10-9-11-15-28)39-36(44)45-37(6,7)8)33(29-21-18-25(3)19-22-29)34(42)40-32-26(4)13-12-16-30(32)38/h9-16,18-19,21-22,24,27,31,33H,17,20,23H2,1-8H3,(H,39,44)(H,40,42). The molecule has 0 aliphatic carbocycles. The van der Waals surface area contributed by atoms with Gasteiger partial charge in [-0.25, -0.2) is 4.79 Å². The van der Waals surface area contributed by atoms with E-state index in [4.69, 9.17) is 16.3 Å². The number of amides is 3. The number of para-hydroxylation sites is 1. The highest BCUT2D eigenvalue weighted by Crippen LogP contribution is 2.32. The Morgan fingerprint density at radius 1 is 0.867 bits per heavy atom. The number of hydrogen-bond donors (Lipinski definition) is 2. The first-order valence-corrected chi connectivity index (χ1v) is 16.0. The molecule has 3 aromatic rings. The first-order valence-electron chi connectivity index (χ1n) is 15.6. The number of alkyl carbamates (subject to hydrolysis) is 1. The van der Waals surface area contributed by atoms with Crippen LogP contribution < -0.4 is 10.6 Å². The van der Waals surface area contributed by atoms with Crippen LogP contribution in [0.15, 0.2) is 72.8 Å². The molecule has 8 heteroatoms. The average molecular weight is 634 g/mol. The topological polar surface area (TPSA) is 87.7 Å². The second-order valence-corrected chi connectivity index (χ2v) is 13.6. The summed E-state index contributed by atoms with van der Waals surface area (Å²) in [6.07, 6.45) is 1.03. The van der Waals surface area contributed by atoms with Crippen LogP contribution >= 0.6 is 11.6 Å². The van der Waals surface area contributed by atoms with Gasteiger partial charge in [0.25, 0.3) is 5.91 Å². The number of halogens is 1. The molecule has 7 nitrogen and oxygen atoms in total. The number of benzene rings is 3. The van der Waals surface area contributed by atoms with Gasteiger partial charge in [-0.1, -0.05) is 97.7 Å². The minimum Gasteiger partial charge on any atom is -0.444 e. The lowest BCUT2D eigenvalue weighted by Gasteiger charge is -2.39. The molecule has 0 saturated carbocycles. The van der Waals surface area contributed by atoms with Crippen LogP contribution in [0.5, 0.6) is 0 Å². The van der Waals surface area contributed by atoms with Crippen LogP contribution in [0.2, 0.25) is 5.02 Å². The average Bonchev–Trinajstić information content (AvgIpc) is 2.96. The third kappa shape index (κ3) is 10.6. The van der Waals surface area contributed by atoms with Gasteiger partial charge in [-0.3, -0.25) is 9.59 Å². The van der Waals surface area contributed by atoms with Gasteiger partial charge in [-0.15, -0.1) is 0 Å². The summed E-state index contributed by atoms with van der Waals surface area (Å²) in [5, 5.41) is 6.28. The monoisotopic (exact) mass is 633 g/mol. The molecule has 45 heavy (non-hydrogen) atoms. The molecule has 3 amide bonds. The van der Waals surface area contributed by atoms with E-state index in [0.29, 0.717) is 28.6 Å². The molecule has 0 aromatic heterocycles. The van der Waals surface area contributed by atoms with Crippen molar-refractivity contribution in [1.82, 2.24) is 10.2 Å². The summed E-state index contributed by atoms with van der Waals surface area (Å²) in [7, 11) is 0. The molecule has 3 aromatic carbocycles. The van der Waals surface area contributed by atoms with E-state index in [0.717, 1.165) is 23.1 Å². The number of hydrogen-bond acceptors (Lipinski definition) is 4. The SMILES string of the molecule is Cc1ccc(C(C(=O)Nc2c(C)cccc2Cl)N(C(=O)C(Cc2ccccc2)NC(=O)OC(C)(C)C)C(C)CCC(C)C)cc1. The predicted molar refractivity (Wildman–Crippen MR) is 182 cm³/mol. The van der Waals surface area contributed by atoms with E-state index < -0.39 is 29.7 Å². The number of nitrogens with zero attached hydrogens (tertiary/aromatic N) is 1. The van der Waals surface area contributed by atoms with E-state index in [1.807, 2.05) is 87.5 Å². The molecule has 0 saturated heterocycles. The Kier molecular flexibility index (Phi) is 12.6. The molecule has 3 rings (SSSR count). The van der Waals surface area contributed by atoms with Crippen LogP contribution in [0.3, 0.4) is 0 Å². The summed E-state index contributed by atoms with van der Waals surface area (Å²) < 4.78 is 5.57. The molecular weight excluding hydrogens is 586 g/mol. The van der Waals surface area contributed by atoms with Gasteiger partial charge in [0.1, 0.15) is 17.7 Å². The summed E-state index contributed by atoms with van der Waals surface area (Å²) in [6.45, 7) is 15.4. The van der Waals surface area contributed by atoms with E-state index in [1.165, 1.54) is 0 Å². The zero-order valence-electron chi connectivity index (χ0n) is 27.8. The molecule has 0 spiro atoms. The van der Waals surface area contributed by atoms with Crippen molar-refractivity contribution in [3.63, 3.8) is 0 Å². The van der Waals surface area contributed by atoms with Crippen molar-refractivity contribution in [2.75, 3.05) is 5.32 Å². The Balaban J connectivity index is 2.15.